The van der Waals surface area contributed by atoms with Crippen molar-refractivity contribution < 1.29 is 43.0 Å². The summed E-state index contributed by atoms with van der Waals surface area (Å²) in [5, 5.41) is 10.4. The number of aliphatic hydroxyl groups is 1. The summed E-state index contributed by atoms with van der Waals surface area (Å²) in [4.78, 5) is 0. The minimum atomic E-state index is -0.962. The molecule has 0 amide bonds. The number of benzene rings is 5. The van der Waals surface area contributed by atoms with Crippen molar-refractivity contribution in [2.45, 2.75) is 82.1 Å². The van der Waals surface area contributed by atoms with Gasteiger partial charge in [-0.25, -0.2) is 0 Å². The molecule has 0 unspecified atom stereocenters. The van der Waals surface area contributed by atoms with Crippen molar-refractivity contribution in [1.29, 1.82) is 0 Å². The molecule has 0 saturated carbocycles. The second kappa shape index (κ2) is 21.0. The van der Waals surface area contributed by atoms with Crippen LogP contribution in [-0.4, -0.2) is 67.3 Å². The lowest BCUT2D eigenvalue weighted by Crippen LogP contribution is -2.63. The van der Waals surface area contributed by atoms with Crippen LogP contribution in [0.4, 0.5) is 0 Å². The highest BCUT2D eigenvalue weighted by Gasteiger charge is 2.50. The molecule has 9 heteroatoms. The molecule has 0 spiro atoms. The molecule has 7 rings (SSSR count). The van der Waals surface area contributed by atoms with Crippen molar-refractivity contribution in [1.82, 2.24) is 0 Å². The molecule has 1 fully saturated rings. The molecule has 0 aliphatic carbocycles. The molecular weight excluding hydrogens is 709 g/mol. The Bertz CT molecular complexity index is 1850. The van der Waals surface area contributed by atoms with Gasteiger partial charge in [-0.05, 0) is 33.9 Å². The Morgan fingerprint density at radius 2 is 0.857 bits per heavy atom. The third kappa shape index (κ3) is 11.2. The van der Waals surface area contributed by atoms with E-state index in [9.17, 15) is 5.11 Å². The average Bonchev–Trinajstić information content (AvgIpc) is 3.26. The summed E-state index contributed by atoms with van der Waals surface area (Å²) in [6, 6.07) is 49.9. The van der Waals surface area contributed by atoms with Crippen molar-refractivity contribution in [2.24, 2.45) is 0 Å². The Kier molecular flexibility index (Phi) is 14.8. The number of hydrogen-bond acceptors (Lipinski definition) is 9. The van der Waals surface area contributed by atoms with Crippen LogP contribution in [0.1, 0.15) is 27.8 Å². The van der Waals surface area contributed by atoms with E-state index in [1.54, 1.807) is 12.3 Å². The molecule has 2 heterocycles. The zero-order valence-electron chi connectivity index (χ0n) is 31.4. The molecule has 2 aliphatic rings. The van der Waals surface area contributed by atoms with Gasteiger partial charge in [-0.3, -0.25) is 0 Å². The van der Waals surface area contributed by atoms with Gasteiger partial charge in [-0.2, -0.15) is 0 Å². The molecule has 0 radical (unpaired) electrons. The number of rotatable bonds is 19. The predicted octanol–water partition coefficient (Wildman–Crippen LogP) is 7.56. The van der Waals surface area contributed by atoms with Gasteiger partial charge in [0, 0.05) is 0 Å². The van der Waals surface area contributed by atoms with E-state index in [0.717, 1.165) is 27.8 Å². The maximum absolute atomic E-state index is 10.4. The van der Waals surface area contributed by atoms with Crippen LogP contribution in [0.2, 0.25) is 0 Å². The van der Waals surface area contributed by atoms with E-state index in [2.05, 4.69) is 0 Å². The van der Waals surface area contributed by atoms with Crippen LogP contribution in [-0.2, 0) is 70.9 Å². The summed E-state index contributed by atoms with van der Waals surface area (Å²) in [5.74, 6) is 0. The third-order valence-corrected chi connectivity index (χ3v) is 9.81. The molecular formula is C47H50O9. The minimum absolute atomic E-state index is 0.196. The van der Waals surface area contributed by atoms with Gasteiger partial charge in [0.2, 0.25) is 0 Å². The Balaban J connectivity index is 1.21. The lowest BCUT2D eigenvalue weighted by atomic mass is 9.97. The predicted molar refractivity (Wildman–Crippen MR) is 211 cm³/mol. The number of hydrogen-bond donors (Lipinski definition) is 1. The molecule has 9 nitrogen and oxygen atoms in total. The Hall–Kier alpha value is -4.68. The maximum Gasteiger partial charge on any atom is 0.187 e. The zero-order valence-corrected chi connectivity index (χ0v) is 31.4. The largest absolute Gasteiger partial charge is 0.493 e. The summed E-state index contributed by atoms with van der Waals surface area (Å²) in [6.45, 7) is 1.52. The number of ether oxygens (including phenoxy) is 8. The normalized spacial score (nSPS) is 24.7. The van der Waals surface area contributed by atoms with Gasteiger partial charge in [0.1, 0.15) is 42.7 Å². The SMILES string of the molecule is OC[C@H]1OC=C[C@@H](O[C@@H]2O[C@H](COCc3ccccc3)[C@H](OCc3ccccc3)[C@H](OCc3ccccc3)[C@H]2OCc2ccccc2)[C@H]1OCc1ccccc1. The van der Waals surface area contributed by atoms with Gasteiger partial charge in [-0.15, -0.1) is 0 Å². The van der Waals surface area contributed by atoms with Crippen LogP contribution in [0.5, 0.6) is 0 Å². The van der Waals surface area contributed by atoms with E-state index in [1.165, 1.54) is 0 Å². The monoisotopic (exact) mass is 758 g/mol. The van der Waals surface area contributed by atoms with E-state index in [1.807, 2.05) is 152 Å². The van der Waals surface area contributed by atoms with Crippen LogP contribution in [0.15, 0.2) is 164 Å². The smallest absolute Gasteiger partial charge is 0.187 e. The van der Waals surface area contributed by atoms with Gasteiger partial charge >= 0.3 is 0 Å². The second-order valence-corrected chi connectivity index (χ2v) is 13.9. The molecule has 1 saturated heterocycles. The lowest BCUT2D eigenvalue weighted by Gasteiger charge is -2.47. The van der Waals surface area contributed by atoms with E-state index in [0.29, 0.717) is 26.4 Å². The van der Waals surface area contributed by atoms with Crippen LogP contribution in [0, 0.1) is 0 Å². The van der Waals surface area contributed by atoms with Crippen LogP contribution < -0.4 is 0 Å². The summed E-state index contributed by atoms with van der Waals surface area (Å²) in [7, 11) is 0. The first-order valence-electron chi connectivity index (χ1n) is 19.2. The van der Waals surface area contributed by atoms with Gasteiger partial charge in [-0.1, -0.05) is 152 Å². The van der Waals surface area contributed by atoms with E-state index >= 15 is 0 Å². The fraction of sp³-hybridized carbons (Fsp3) is 0.319. The summed E-state index contributed by atoms with van der Waals surface area (Å²) in [5.41, 5.74) is 5.03. The summed E-state index contributed by atoms with van der Waals surface area (Å²) in [6.07, 6.45) is -2.27. The standard InChI is InChI=1S/C47H50O9/c48-28-41-43(51-30-36-18-8-2-9-19-36)40(26-27-50-41)55-47-46(54-33-39-24-14-5-15-25-39)45(53-32-38-22-12-4-13-23-38)44(52-31-37-20-10-3-11-21-37)42(56-47)34-49-29-35-16-6-1-7-17-35/h1-27,40-48H,28-34H2/t40-,41-,42-,43-,44+,45+,46-,47-/m1/s1. The Labute approximate surface area is 329 Å². The van der Waals surface area contributed by atoms with Gasteiger partial charge < -0.3 is 43.0 Å². The highest BCUT2D eigenvalue weighted by molar-refractivity contribution is 5.17. The fourth-order valence-corrected chi connectivity index (χ4v) is 6.87. The molecule has 292 valence electrons. The first-order chi connectivity index (χ1) is 27.7. The van der Waals surface area contributed by atoms with Crippen molar-refractivity contribution in [3.8, 4) is 0 Å². The van der Waals surface area contributed by atoms with Gasteiger partial charge in [0.05, 0.1) is 52.5 Å². The molecule has 5 aromatic carbocycles. The average molecular weight is 759 g/mol. The molecule has 56 heavy (non-hydrogen) atoms. The summed E-state index contributed by atoms with van der Waals surface area (Å²) < 4.78 is 52.9. The highest BCUT2D eigenvalue weighted by Crippen LogP contribution is 2.34. The topological polar surface area (TPSA) is 94.1 Å². The van der Waals surface area contributed by atoms with Crippen molar-refractivity contribution in [3.05, 3.63) is 192 Å². The molecule has 0 aromatic heterocycles. The minimum Gasteiger partial charge on any atom is -0.493 e. The van der Waals surface area contributed by atoms with E-state index < -0.39 is 49.0 Å². The first kappa shape index (κ1) is 39.6. The Morgan fingerprint density at radius 1 is 0.446 bits per heavy atom. The molecule has 5 aromatic rings. The quantitative estimate of drug-likeness (QED) is 0.0916. The van der Waals surface area contributed by atoms with Crippen LogP contribution in [0.3, 0.4) is 0 Å². The second-order valence-electron chi connectivity index (χ2n) is 13.9. The van der Waals surface area contributed by atoms with Crippen molar-refractivity contribution in [2.75, 3.05) is 13.2 Å². The Morgan fingerprint density at radius 3 is 1.32 bits per heavy atom. The molecule has 1 N–H and O–H groups in total. The van der Waals surface area contributed by atoms with Gasteiger partial charge in [0.15, 0.2) is 6.29 Å². The van der Waals surface area contributed by atoms with Crippen LogP contribution >= 0.6 is 0 Å². The molecule has 8 atom stereocenters. The fourth-order valence-electron chi connectivity index (χ4n) is 6.87. The van der Waals surface area contributed by atoms with Crippen molar-refractivity contribution >= 4 is 0 Å². The van der Waals surface area contributed by atoms with Crippen LogP contribution in [0.25, 0.3) is 0 Å². The van der Waals surface area contributed by atoms with E-state index in [4.69, 9.17) is 37.9 Å². The molecule has 2 aliphatic heterocycles. The number of aliphatic hydroxyl groups excluding tert-OH is 1. The lowest BCUT2D eigenvalue weighted by molar-refractivity contribution is -0.340. The maximum atomic E-state index is 10.4. The zero-order chi connectivity index (χ0) is 38.2. The van der Waals surface area contributed by atoms with E-state index in [-0.39, 0.29) is 19.8 Å². The first-order valence-corrected chi connectivity index (χ1v) is 19.2. The molecule has 0 bridgehead atoms. The highest BCUT2D eigenvalue weighted by atomic mass is 16.7. The summed E-state index contributed by atoms with van der Waals surface area (Å²) >= 11 is 0. The van der Waals surface area contributed by atoms with Gasteiger partial charge in [0.25, 0.3) is 0 Å². The third-order valence-electron chi connectivity index (χ3n) is 9.81. The van der Waals surface area contributed by atoms with Crippen molar-refractivity contribution in [3.63, 3.8) is 0 Å².